The maximum absolute atomic E-state index is 11.8. The predicted octanol–water partition coefficient (Wildman–Crippen LogP) is 6.81. The summed E-state index contributed by atoms with van der Waals surface area (Å²) in [6, 6.07) is 52.5. The first-order valence-corrected chi connectivity index (χ1v) is 15.9. The van der Waals surface area contributed by atoms with E-state index in [1.54, 1.807) is 146 Å². The van der Waals surface area contributed by atoms with E-state index in [0.717, 1.165) is 18.2 Å². The van der Waals surface area contributed by atoms with E-state index in [1.165, 1.54) is 0 Å². The van der Waals surface area contributed by atoms with Gasteiger partial charge in [-0.05, 0) is 34.9 Å². The minimum atomic E-state index is -0.264. The van der Waals surface area contributed by atoms with Crippen molar-refractivity contribution in [2.45, 2.75) is 0 Å². The van der Waals surface area contributed by atoms with Gasteiger partial charge >= 0.3 is 17.1 Å². The topological polar surface area (TPSA) is 120 Å². The zero-order valence-electron chi connectivity index (χ0n) is 27.9. The molecule has 1 radical (unpaired) electrons. The van der Waals surface area contributed by atoms with Crippen LogP contribution in [0.2, 0.25) is 0 Å². The Morgan fingerprint density at radius 1 is 0.288 bits per heavy atom. The molecule has 6 aromatic rings. The Bertz CT molecular complexity index is 1830. The molecule has 0 unspecified atom stereocenters. The van der Waals surface area contributed by atoms with Crippen molar-refractivity contribution in [3.8, 4) is 0 Å². The summed E-state index contributed by atoms with van der Waals surface area (Å²) in [6.45, 7) is 0. The van der Waals surface area contributed by atoms with Gasteiger partial charge in [-0.1, -0.05) is 199 Å². The quantitative estimate of drug-likeness (QED) is 0.0700. The van der Waals surface area contributed by atoms with Gasteiger partial charge in [0.2, 0.25) is 0 Å². The van der Waals surface area contributed by atoms with Crippen LogP contribution in [-0.4, -0.2) is 17.3 Å². The number of benzene rings is 6. The molecular weight excluding hydrogens is 692 g/mol. The number of hydrogen-bond donors (Lipinski definition) is 0. The first-order valence-electron chi connectivity index (χ1n) is 15.9. The summed E-state index contributed by atoms with van der Waals surface area (Å²) in [6.07, 6.45) is 3.39. The van der Waals surface area contributed by atoms with Crippen LogP contribution in [0.1, 0.15) is 47.8 Å². The van der Waals surface area contributed by atoms with Gasteiger partial charge in [0.15, 0.2) is 17.3 Å². The molecule has 0 fully saturated rings. The van der Waals surface area contributed by atoms with E-state index in [2.05, 4.69) is 0 Å². The third-order valence-corrected chi connectivity index (χ3v) is 7.14. The fourth-order valence-corrected chi connectivity index (χ4v) is 4.47. The van der Waals surface area contributed by atoms with Crippen molar-refractivity contribution in [1.29, 1.82) is 0 Å². The minimum absolute atomic E-state index is 0. The molecule has 0 aliphatic heterocycles. The van der Waals surface area contributed by atoms with Crippen molar-refractivity contribution in [3.05, 3.63) is 234 Å². The van der Waals surface area contributed by atoms with Crippen molar-refractivity contribution in [2.24, 2.45) is 0 Å². The number of carbonyl (C=O) groups is 3. The van der Waals surface area contributed by atoms with Gasteiger partial charge in [-0.25, -0.2) is 0 Å². The molecule has 0 aliphatic carbocycles. The SMILES string of the molecule is O=C(/C=C(/[O-])c1ccccc1)c1ccccc1.O=C(/C=C(/[O-])c1ccccc1)c1ccccc1.O=C(/C=C(/[O-])c1ccccc1)c1ccccc1.[Fe+3]. The van der Waals surface area contributed by atoms with Crippen LogP contribution < -0.4 is 15.3 Å². The molecule has 0 saturated carbocycles. The first kappa shape index (κ1) is 39.9. The van der Waals surface area contributed by atoms with Gasteiger partial charge < -0.3 is 15.3 Å². The zero-order chi connectivity index (χ0) is 36.3. The number of carbonyl (C=O) groups excluding carboxylic acids is 3. The normalized spacial score (nSPS) is 11.0. The van der Waals surface area contributed by atoms with E-state index in [1.807, 2.05) is 36.4 Å². The maximum atomic E-state index is 11.8. The summed E-state index contributed by atoms with van der Waals surface area (Å²) < 4.78 is 0. The number of hydrogen-bond acceptors (Lipinski definition) is 6. The van der Waals surface area contributed by atoms with Crippen LogP contribution in [0.4, 0.5) is 0 Å². The Hall–Kier alpha value is -6.53. The molecule has 0 amide bonds. The fourth-order valence-electron chi connectivity index (χ4n) is 4.47. The number of ketones is 3. The predicted molar refractivity (Wildman–Crippen MR) is 196 cm³/mol. The molecule has 6 aromatic carbocycles. The average Bonchev–Trinajstić information content (AvgIpc) is 3.20. The zero-order valence-corrected chi connectivity index (χ0v) is 29.0. The Kier molecular flexibility index (Phi) is 16.5. The Labute approximate surface area is 313 Å². The minimum Gasteiger partial charge on any atom is -0.872 e. The largest absolute Gasteiger partial charge is 3.00 e. The van der Waals surface area contributed by atoms with Crippen molar-refractivity contribution in [2.75, 3.05) is 0 Å². The van der Waals surface area contributed by atoms with Gasteiger partial charge in [0.25, 0.3) is 0 Å². The summed E-state index contributed by atoms with van der Waals surface area (Å²) in [5.74, 6) is -1.59. The average molecular weight is 726 g/mol. The van der Waals surface area contributed by atoms with E-state index in [9.17, 15) is 29.7 Å². The molecule has 0 bridgehead atoms. The Morgan fingerprint density at radius 2 is 0.442 bits per heavy atom. The molecule has 7 heteroatoms. The van der Waals surface area contributed by atoms with Crippen molar-refractivity contribution in [3.63, 3.8) is 0 Å². The van der Waals surface area contributed by atoms with Crippen LogP contribution in [-0.2, 0) is 17.1 Å². The molecule has 6 nitrogen and oxygen atoms in total. The second kappa shape index (κ2) is 21.5. The van der Waals surface area contributed by atoms with E-state index < -0.39 is 0 Å². The van der Waals surface area contributed by atoms with Crippen LogP contribution in [0, 0.1) is 0 Å². The van der Waals surface area contributed by atoms with Gasteiger partial charge in [0, 0.05) is 16.7 Å². The van der Waals surface area contributed by atoms with Gasteiger partial charge in [0.1, 0.15) is 0 Å². The van der Waals surface area contributed by atoms with Gasteiger partial charge in [-0.3, -0.25) is 14.4 Å². The van der Waals surface area contributed by atoms with Gasteiger partial charge in [-0.2, -0.15) is 0 Å². The van der Waals surface area contributed by atoms with Crippen molar-refractivity contribution >= 4 is 34.6 Å². The molecule has 0 aliphatic rings. The van der Waals surface area contributed by atoms with Crippen LogP contribution in [0.5, 0.6) is 0 Å². The second-order valence-corrected chi connectivity index (χ2v) is 10.8. The maximum Gasteiger partial charge on any atom is 3.00 e. The van der Waals surface area contributed by atoms with E-state index >= 15 is 0 Å². The van der Waals surface area contributed by atoms with Crippen molar-refractivity contribution in [1.82, 2.24) is 0 Å². The molecule has 0 aromatic heterocycles. The van der Waals surface area contributed by atoms with Crippen LogP contribution in [0.25, 0.3) is 17.3 Å². The van der Waals surface area contributed by atoms with Crippen LogP contribution in [0.15, 0.2) is 200 Å². The molecule has 0 atom stereocenters. The number of rotatable bonds is 9. The second-order valence-electron chi connectivity index (χ2n) is 10.8. The Balaban J connectivity index is 0.000000208. The van der Waals surface area contributed by atoms with Crippen LogP contribution >= 0.6 is 0 Å². The van der Waals surface area contributed by atoms with Crippen LogP contribution in [0.3, 0.4) is 0 Å². The molecule has 257 valence electrons. The fraction of sp³-hybridized carbons (Fsp3) is 0. The molecule has 0 spiro atoms. The van der Waals surface area contributed by atoms with E-state index in [-0.39, 0.29) is 51.7 Å². The standard InChI is InChI=1S/3C15H12O2.Fe/c3*16-14(12-7-3-1-4-8-12)11-15(17)13-9-5-2-6-10-13;/h3*1-11,16H;/q;;;+3/p-3/b3*14-11+;. The molecule has 0 saturated heterocycles. The number of allylic oxidation sites excluding steroid dienone is 3. The monoisotopic (exact) mass is 725 g/mol. The summed E-state index contributed by atoms with van der Waals surface area (Å²) in [7, 11) is 0. The Morgan fingerprint density at radius 3 is 0.615 bits per heavy atom. The smallest absolute Gasteiger partial charge is 0.872 e. The van der Waals surface area contributed by atoms with Gasteiger partial charge in [0.05, 0.1) is 0 Å². The summed E-state index contributed by atoms with van der Waals surface area (Å²) in [4.78, 5) is 35.3. The summed E-state index contributed by atoms with van der Waals surface area (Å²) >= 11 is 0. The molecule has 52 heavy (non-hydrogen) atoms. The third-order valence-electron chi connectivity index (χ3n) is 7.14. The third kappa shape index (κ3) is 13.1. The molecule has 0 N–H and O–H groups in total. The van der Waals surface area contributed by atoms with E-state index in [0.29, 0.717) is 33.4 Å². The van der Waals surface area contributed by atoms with Gasteiger partial charge in [-0.15, -0.1) is 0 Å². The molecular formula is C45H33FeO6. The first-order chi connectivity index (χ1) is 24.8. The summed E-state index contributed by atoms with van der Waals surface area (Å²) in [5.41, 5.74) is 3.15. The summed E-state index contributed by atoms with van der Waals surface area (Å²) in [5, 5.41) is 35.3. The van der Waals surface area contributed by atoms with Crippen molar-refractivity contribution < 1.29 is 46.8 Å². The molecule has 0 heterocycles. The molecule has 6 rings (SSSR count). The van der Waals surface area contributed by atoms with E-state index in [4.69, 9.17) is 0 Å².